The molecule has 2 fully saturated rings. The van der Waals surface area contributed by atoms with Crippen molar-refractivity contribution >= 4 is 34.7 Å². The SMILES string of the molecule is COc1ccc(C(=C2[C@H]3C=C[C@H]2[C@H]2C(=O)N(c4cc(C(F)(F)F)ccc4Cl)C(=O)[C@H]23)c2ccc(OC)cc2)cc1. The Kier molecular flexibility index (Phi) is 6.26. The molecule has 40 heavy (non-hydrogen) atoms. The van der Waals surface area contributed by atoms with Crippen LogP contribution in [-0.2, 0) is 15.8 Å². The number of imide groups is 1. The average Bonchev–Trinajstić information content (AvgIpc) is 3.58. The fraction of sp³-hybridized carbons (Fsp3) is 0.226. The van der Waals surface area contributed by atoms with Crippen molar-refractivity contribution in [2.24, 2.45) is 23.7 Å². The lowest BCUT2D eigenvalue weighted by molar-refractivity contribution is -0.137. The van der Waals surface area contributed by atoms with Crippen molar-refractivity contribution in [3.8, 4) is 11.5 Å². The Morgan fingerprint density at radius 3 is 1.68 bits per heavy atom. The lowest BCUT2D eigenvalue weighted by atomic mass is 9.85. The van der Waals surface area contributed by atoms with E-state index in [2.05, 4.69) is 0 Å². The van der Waals surface area contributed by atoms with E-state index in [-0.39, 0.29) is 10.7 Å². The van der Waals surface area contributed by atoms with Crippen LogP contribution in [0.4, 0.5) is 18.9 Å². The molecule has 2 aliphatic carbocycles. The van der Waals surface area contributed by atoms with Gasteiger partial charge in [0.05, 0.1) is 42.3 Å². The van der Waals surface area contributed by atoms with Crippen LogP contribution in [0.3, 0.4) is 0 Å². The maximum atomic E-state index is 13.8. The van der Waals surface area contributed by atoms with Crippen LogP contribution in [0, 0.1) is 23.7 Å². The first-order valence-corrected chi connectivity index (χ1v) is 13.0. The van der Waals surface area contributed by atoms with Crippen LogP contribution in [0.15, 0.2) is 84.5 Å². The number of halogens is 4. The van der Waals surface area contributed by atoms with E-state index in [1.807, 2.05) is 60.7 Å². The second-order valence-corrected chi connectivity index (χ2v) is 10.4. The van der Waals surface area contributed by atoms with Gasteiger partial charge in [-0.2, -0.15) is 13.2 Å². The van der Waals surface area contributed by atoms with E-state index in [0.717, 1.165) is 45.4 Å². The number of hydrogen-bond donors (Lipinski definition) is 0. The average molecular weight is 566 g/mol. The molecule has 1 heterocycles. The third-order valence-electron chi connectivity index (χ3n) is 7.98. The Bertz CT molecular complexity index is 1490. The smallest absolute Gasteiger partial charge is 0.416 e. The minimum Gasteiger partial charge on any atom is -0.497 e. The fourth-order valence-corrected chi connectivity index (χ4v) is 6.41. The van der Waals surface area contributed by atoms with E-state index in [0.29, 0.717) is 11.5 Å². The summed E-state index contributed by atoms with van der Waals surface area (Å²) in [6.45, 7) is 0. The van der Waals surface area contributed by atoms with Gasteiger partial charge in [-0.05, 0) is 64.7 Å². The van der Waals surface area contributed by atoms with Crippen LogP contribution in [0.1, 0.15) is 16.7 Å². The van der Waals surface area contributed by atoms with Crippen LogP contribution in [0.25, 0.3) is 5.57 Å². The van der Waals surface area contributed by atoms with Gasteiger partial charge in [0, 0.05) is 11.8 Å². The lowest BCUT2D eigenvalue weighted by Crippen LogP contribution is -2.33. The summed E-state index contributed by atoms with van der Waals surface area (Å²) < 4.78 is 51.0. The summed E-state index contributed by atoms with van der Waals surface area (Å²) in [5, 5.41) is -0.0945. The number of fused-ring (bicyclic) bond motifs is 5. The highest BCUT2D eigenvalue weighted by Crippen LogP contribution is 2.59. The van der Waals surface area contributed by atoms with Gasteiger partial charge in [0.1, 0.15) is 11.5 Å². The number of ether oxygens (including phenoxy) is 2. The summed E-state index contributed by atoms with van der Waals surface area (Å²) in [6, 6.07) is 17.8. The Balaban J connectivity index is 1.46. The number of benzene rings is 3. The molecule has 1 saturated heterocycles. The number of methoxy groups -OCH3 is 2. The number of alkyl halides is 3. The Morgan fingerprint density at radius 1 is 0.775 bits per heavy atom. The molecule has 9 heteroatoms. The largest absolute Gasteiger partial charge is 0.497 e. The molecule has 204 valence electrons. The molecular weight excluding hydrogens is 543 g/mol. The molecule has 6 rings (SSSR count). The predicted molar refractivity (Wildman–Crippen MR) is 144 cm³/mol. The normalized spacial score (nSPS) is 23.1. The van der Waals surface area contributed by atoms with Gasteiger partial charge in [-0.25, -0.2) is 4.90 Å². The molecule has 0 spiro atoms. The molecular formula is C31H23ClF3NO4. The van der Waals surface area contributed by atoms with E-state index >= 15 is 0 Å². The van der Waals surface area contributed by atoms with Gasteiger partial charge >= 0.3 is 6.18 Å². The number of allylic oxidation sites excluding steroid dienone is 3. The van der Waals surface area contributed by atoms with Gasteiger partial charge in [0.25, 0.3) is 0 Å². The van der Waals surface area contributed by atoms with Crippen LogP contribution in [0.2, 0.25) is 5.02 Å². The molecule has 5 nitrogen and oxygen atoms in total. The van der Waals surface area contributed by atoms with Crippen LogP contribution in [-0.4, -0.2) is 26.0 Å². The van der Waals surface area contributed by atoms with Crippen LogP contribution < -0.4 is 14.4 Å². The van der Waals surface area contributed by atoms with Crippen molar-refractivity contribution < 1.29 is 32.2 Å². The van der Waals surface area contributed by atoms with Gasteiger partial charge in [-0.15, -0.1) is 0 Å². The maximum Gasteiger partial charge on any atom is 0.416 e. The van der Waals surface area contributed by atoms with E-state index < -0.39 is 47.2 Å². The van der Waals surface area contributed by atoms with Crippen molar-refractivity contribution in [2.75, 3.05) is 19.1 Å². The molecule has 2 bridgehead atoms. The summed E-state index contributed by atoms with van der Waals surface area (Å²) in [5.41, 5.74) is 2.38. The maximum absolute atomic E-state index is 13.8. The molecule has 0 radical (unpaired) electrons. The van der Waals surface area contributed by atoms with Crippen LogP contribution in [0.5, 0.6) is 11.5 Å². The van der Waals surface area contributed by atoms with E-state index in [9.17, 15) is 22.8 Å². The number of anilines is 1. The molecule has 0 N–H and O–H groups in total. The fourth-order valence-electron chi connectivity index (χ4n) is 6.21. The summed E-state index contributed by atoms with van der Waals surface area (Å²) in [4.78, 5) is 28.4. The summed E-state index contributed by atoms with van der Waals surface area (Å²) in [5.74, 6) is -2.01. The number of hydrogen-bond acceptors (Lipinski definition) is 4. The Hall–Kier alpha value is -4.04. The molecule has 3 aromatic carbocycles. The highest BCUT2D eigenvalue weighted by atomic mass is 35.5. The second kappa shape index (κ2) is 9.55. The number of rotatable bonds is 5. The zero-order valence-corrected chi connectivity index (χ0v) is 22.2. The number of carbonyl (C=O) groups excluding carboxylic acids is 2. The van der Waals surface area contributed by atoms with Gasteiger partial charge in [0.2, 0.25) is 11.8 Å². The first-order chi connectivity index (χ1) is 19.1. The number of carbonyl (C=O) groups is 2. The second-order valence-electron chi connectivity index (χ2n) is 9.95. The molecule has 4 atom stereocenters. The molecule has 3 aliphatic rings. The third kappa shape index (κ3) is 4.01. The predicted octanol–water partition coefficient (Wildman–Crippen LogP) is 6.80. The van der Waals surface area contributed by atoms with Crippen LogP contribution >= 0.6 is 11.6 Å². The Labute approximate surface area is 233 Å². The summed E-state index contributed by atoms with van der Waals surface area (Å²) >= 11 is 6.23. The standard InChI is InChI=1S/C31H23ClF3NO4/c1-39-19-8-3-16(4-9-19)25(17-5-10-20(40-2)11-6-17)26-21-12-13-22(26)28-27(21)29(37)36(30(28)38)24-15-18(31(33,34)35)7-14-23(24)32/h3-15,21-22,27-28H,1-2H3/t21-,22-,27-,28+/m1/s1. The molecule has 1 saturated carbocycles. The first kappa shape index (κ1) is 26.2. The zero-order chi connectivity index (χ0) is 28.3. The Morgan fingerprint density at radius 2 is 1.25 bits per heavy atom. The van der Waals surface area contributed by atoms with Gasteiger partial charge in [0.15, 0.2) is 0 Å². The third-order valence-corrected chi connectivity index (χ3v) is 8.30. The van der Waals surface area contributed by atoms with Crippen molar-refractivity contribution in [1.82, 2.24) is 0 Å². The van der Waals surface area contributed by atoms with Gasteiger partial charge < -0.3 is 9.47 Å². The van der Waals surface area contributed by atoms with Crippen molar-refractivity contribution in [2.45, 2.75) is 6.18 Å². The molecule has 0 aromatic heterocycles. The minimum absolute atomic E-state index is 0.0945. The topological polar surface area (TPSA) is 55.8 Å². The van der Waals surface area contributed by atoms with E-state index in [1.54, 1.807) is 14.2 Å². The first-order valence-electron chi connectivity index (χ1n) is 12.6. The molecule has 3 aromatic rings. The number of nitrogens with zero attached hydrogens (tertiary/aromatic N) is 1. The molecule has 0 unspecified atom stereocenters. The van der Waals surface area contributed by atoms with Crippen molar-refractivity contribution in [3.05, 3.63) is 106 Å². The lowest BCUT2D eigenvalue weighted by Gasteiger charge is -2.23. The van der Waals surface area contributed by atoms with Crippen molar-refractivity contribution in [3.63, 3.8) is 0 Å². The molecule has 2 amide bonds. The summed E-state index contributed by atoms with van der Waals surface area (Å²) in [6.07, 6.45) is -0.795. The monoisotopic (exact) mass is 565 g/mol. The van der Waals surface area contributed by atoms with Crippen molar-refractivity contribution in [1.29, 1.82) is 0 Å². The number of amides is 2. The highest BCUT2D eigenvalue weighted by molar-refractivity contribution is 6.36. The zero-order valence-electron chi connectivity index (χ0n) is 21.4. The summed E-state index contributed by atoms with van der Waals surface area (Å²) in [7, 11) is 3.17. The van der Waals surface area contributed by atoms with Gasteiger partial charge in [-0.1, -0.05) is 48.0 Å². The minimum atomic E-state index is -4.65. The van der Waals surface area contributed by atoms with Gasteiger partial charge in [-0.3, -0.25) is 9.59 Å². The quantitative estimate of drug-likeness (QED) is 0.252. The molecule has 1 aliphatic heterocycles. The van der Waals surface area contributed by atoms with E-state index in [1.165, 1.54) is 0 Å². The van der Waals surface area contributed by atoms with E-state index in [4.69, 9.17) is 21.1 Å². The highest BCUT2D eigenvalue weighted by Gasteiger charge is 2.62.